The van der Waals surface area contributed by atoms with Crippen LogP contribution in [0, 0.1) is 5.92 Å². The second-order valence-corrected chi connectivity index (χ2v) is 6.44. The molecule has 0 saturated carbocycles. The van der Waals surface area contributed by atoms with Crippen LogP contribution in [-0.4, -0.2) is 76.3 Å². The first-order valence-electron chi connectivity index (χ1n) is 10.8. The van der Waals surface area contributed by atoms with Crippen LogP contribution >= 0.6 is 0 Å². The molecule has 0 N–H and O–H groups in total. The van der Waals surface area contributed by atoms with E-state index in [4.69, 9.17) is 17.3 Å². The van der Waals surface area contributed by atoms with Gasteiger partial charge in [-0.25, -0.2) is 0 Å². The molecule has 2 fully saturated rings. The van der Waals surface area contributed by atoms with Gasteiger partial charge in [-0.2, -0.15) is 0 Å². The van der Waals surface area contributed by atoms with Crippen LogP contribution < -0.4 is 0 Å². The molecular weight excluding hydrogens is 352 g/mol. The van der Waals surface area contributed by atoms with Gasteiger partial charge in [0.15, 0.2) is 16.0 Å². The zero-order chi connectivity index (χ0) is 20.5. The van der Waals surface area contributed by atoms with E-state index in [2.05, 4.69) is 18.7 Å². The first-order valence-corrected chi connectivity index (χ1v) is 10.3. The number of hydrogen-bond donors (Lipinski definition) is 0. The largest absolute Gasteiger partial charge is 0.353 e. The van der Waals surface area contributed by atoms with E-state index in [1.807, 2.05) is 41.7 Å². The molecule has 0 aliphatic carbocycles. The Morgan fingerprint density at radius 1 is 0.759 bits per heavy atom. The maximum absolute atomic E-state index is 7.00. The van der Waals surface area contributed by atoms with Crippen LogP contribution in [0.4, 0.5) is 0 Å². The predicted molar refractivity (Wildman–Crippen MR) is 138 cm³/mol. The third-order valence-electron chi connectivity index (χ3n) is 4.69. The van der Waals surface area contributed by atoms with Crippen molar-refractivity contribution in [2.45, 2.75) is 69.2 Å². The van der Waals surface area contributed by atoms with Crippen molar-refractivity contribution in [1.82, 2.24) is 14.5 Å². The molecule has 2 aliphatic rings. The highest BCUT2D eigenvalue weighted by Gasteiger charge is 2.13. The molecule has 2 saturated heterocycles. The molecule has 3 rings (SSSR count). The number of hydrogen-bond acceptors (Lipinski definition) is 3. The van der Waals surface area contributed by atoms with Gasteiger partial charge in [-0.1, -0.05) is 92.8 Å². The molecule has 0 amide bonds. The van der Waals surface area contributed by atoms with Gasteiger partial charge in [0.2, 0.25) is 0 Å². The summed E-state index contributed by atoms with van der Waals surface area (Å²) in [6.45, 7) is 16.1. The Balaban J connectivity index is -0.000000156. The van der Waals surface area contributed by atoms with Crippen molar-refractivity contribution in [2.24, 2.45) is 5.92 Å². The van der Waals surface area contributed by atoms with Gasteiger partial charge in [-0.05, 0) is 51.5 Å². The third-order valence-corrected chi connectivity index (χ3v) is 4.69. The van der Waals surface area contributed by atoms with E-state index in [-0.39, 0.29) is 22.3 Å². The van der Waals surface area contributed by atoms with Gasteiger partial charge >= 0.3 is 0 Å². The highest BCUT2D eigenvalue weighted by Crippen LogP contribution is 2.17. The van der Waals surface area contributed by atoms with Crippen molar-refractivity contribution in [3.8, 4) is 0 Å². The molecular formula is C24H51B2N3. The Labute approximate surface area is 189 Å². The fourth-order valence-corrected chi connectivity index (χ4v) is 2.78. The van der Waals surface area contributed by atoms with Crippen LogP contribution in [0.1, 0.15) is 70.6 Å². The average molecular weight is 404 g/mol. The van der Waals surface area contributed by atoms with E-state index in [9.17, 15) is 0 Å². The van der Waals surface area contributed by atoms with Crippen LogP contribution in [0.15, 0.2) is 36.4 Å². The number of benzene rings is 1. The summed E-state index contributed by atoms with van der Waals surface area (Å²) in [5.41, 5.74) is 0. The summed E-state index contributed by atoms with van der Waals surface area (Å²) in [6, 6.07) is 9.67. The first-order chi connectivity index (χ1) is 13.0. The van der Waals surface area contributed by atoms with Crippen molar-refractivity contribution < 1.29 is 1.37 Å². The summed E-state index contributed by atoms with van der Waals surface area (Å²) in [5, 5.41) is 0. The van der Waals surface area contributed by atoms with E-state index >= 15 is 0 Å². The highest BCUT2D eigenvalue weighted by molar-refractivity contribution is 6.04. The lowest BCUT2D eigenvalue weighted by molar-refractivity contribution is 0.200. The van der Waals surface area contributed by atoms with Crippen molar-refractivity contribution in [3.05, 3.63) is 36.4 Å². The highest BCUT2D eigenvalue weighted by atomic mass is 15.2. The minimum absolute atomic E-state index is 0. The fraction of sp³-hybridized carbons (Fsp3) is 0.750. The molecule has 168 valence electrons. The lowest BCUT2D eigenvalue weighted by Gasteiger charge is -2.31. The average Bonchev–Trinajstić information content (AvgIpc) is 2.72. The Morgan fingerprint density at radius 2 is 1.17 bits per heavy atom. The van der Waals surface area contributed by atoms with Gasteiger partial charge in [-0.3, -0.25) is 0 Å². The second kappa shape index (κ2) is 25.3. The van der Waals surface area contributed by atoms with Gasteiger partial charge in [0.25, 0.3) is 0 Å². The summed E-state index contributed by atoms with van der Waals surface area (Å²) in [6.07, 6.45) is 3.92. The quantitative estimate of drug-likeness (QED) is 0.601. The number of nitrogens with zero attached hydrogens (tertiary/aromatic N) is 3. The standard InChI is InChI=1S/C7H14BN.C6H13BN2.C6H6.C2H6.3CH4/c1-2-7-3-5-9(8)6-4-7;1-2-8-3-5-9(7)6-4-8;1-2-4-6-5-3-1;1-2;;;/h7H,2-6H2,1H3;2-6H2,1H3;1-6H;1-2H3;3*1H4/i;;1D;;;;. The molecule has 0 atom stereocenters. The van der Waals surface area contributed by atoms with Crippen LogP contribution in [-0.2, 0) is 0 Å². The summed E-state index contributed by atoms with van der Waals surface area (Å²) in [4.78, 5) is 6.21. The fourth-order valence-electron chi connectivity index (χ4n) is 2.78. The molecule has 0 spiro atoms. The Kier molecular flexibility index (Phi) is 28.6. The summed E-state index contributed by atoms with van der Waals surface area (Å²) >= 11 is 0. The number of piperazine rings is 1. The molecule has 4 radical (unpaired) electrons. The Hall–Kier alpha value is -0.770. The van der Waals surface area contributed by atoms with Gasteiger partial charge in [0, 0.05) is 13.1 Å². The number of rotatable bonds is 2. The van der Waals surface area contributed by atoms with Gasteiger partial charge in [-0.15, -0.1) is 0 Å². The van der Waals surface area contributed by atoms with Crippen molar-refractivity contribution in [1.29, 1.82) is 0 Å². The zero-order valence-electron chi connectivity index (χ0n) is 18.5. The van der Waals surface area contributed by atoms with E-state index < -0.39 is 0 Å². The molecule has 29 heavy (non-hydrogen) atoms. The normalized spacial score (nSPS) is 17.6. The van der Waals surface area contributed by atoms with Crippen LogP contribution in [0.2, 0.25) is 0 Å². The number of piperidine rings is 1. The van der Waals surface area contributed by atoms with Gasteiger partial charge in [0.1, 0.15) is 0 Å². The lowest BCUT2D eigenvalue weighted by atomic mass is 9.93. The van der Waals surface area contributed by atoms with E-state index in [1.165, 1.54) is 19.3 Å². The minimum Gasteiger partial charge on any atom is -0.353 e. The molecule has 0 aromatic heterocycles. The summed E-state index contributed by atoms with van der Waals surface area (Å²) in [7, 11) is 11.1. The Morgan fingerprint density at radius 3 is 1.52 bits per heavy atom. The number of likely N-dealkylation sites (N-methyl/N-ethyl adjacent to an activating group) is 1. The molecule has 1 aromatic carbocycles. The molecule has 5 heteroatoms. The third kappa shape index (κ3) is 20.3. The zero-order valence-corrected chi connectivity index (χ0v) is 17.5. The molecule has 0 bridgehead atoms. The first kappa shape index (κ1) is 32.9. The molecule has 3 nitrogen and oxygen atoms in total. The smallest absolute Gasteiger partial charge is 0.182 e. The molecule has 2 heterocycles. The molecule has 0 unspecified atom stereocenters. The molecule has 1 aromatic rings. The Bertz CT molecular complexity index is 400. The van der Waals surface area contributed by atoms with Crippen LogP contribution in [0.25, 0.3) is 0 Å². The van der Waals surface area contributed by atoms with Crippen LogP contribution in [0.5, 0.6) is 0 Å². The summed E-state index contributed by atoms with van der Waals surface area (Å²) < 4.78 is 7.00. The van der Waals surface area contributed by atoms with Crippen molar-refractivity contribution in [2.75, 3.05) is 45.8 Å². The van der Waals surface area contributed by atoms with Crippen molar-refractivity contribution in [3.63, 3.8) is 0 Å². The monoisotopic (exact) mass is 404 g/mol. The van der Waals surface area contributed by atoms with Crippen LogP contribution in [0.3, 0.4) is 0 Å². The van der Waals surface area contributed by atoms with Crippen molar-refractivity contribution >= 4 is 16.0 Å². The van der Waals surface area contributed by atoms with E-state index in [1.54, 1.807) is 12.1 Å². The summed E-state index contributed by atoms with van der Waals surface area (Å²) in [5.74, 6) is 0.949. The lowest BCUT2D eigenvalue weighted by Crippen LogP contribution is -2.44. The maximum atomic E-state index is 7.00. The maximum Gasteiger partial charge on any atom is 0.182 e. The predicted octanol–water partition coefficient (Wildman–Crippen LogP) is 5.52. The topological polar surface area (TPSA) is 9.72 Å². The second-order valence-electron chi connectivity index (χ2n) is 6.44. The SMILES string of the molecule is C.C.C.CC.[2H]c1ccccc1.[B]N1CCC(CC)CC1.[B]N1CCN(CC)CC1. The van der Waals surface area contributed by atoms with E-state index in [0.29, 0.717) is 6.04 Å². The van der Waals surface area contributed by atoms with Gasteiger partial charge in [0.05, 0.1) is 1.37 Å². The minimum atomic E-state index is 0. The molecule has 2 aliphatic heterocycles. The van der Waals surface area contributed by atoms with E-state index in [0.717, 1.165) is 51.7 Å². The van der Waals surface area contributed by atoms with Gasteiger partial charge < -0.3 is 14.5 Å².